The van der Waals surface area contributed by atoms with Gasteiger partial charge in [-0.3, -0.25) is 5.16 Å². The normalized spacial score (nSPS) is 11.5. The molecule has 2 N–H and O–H groups in total. The van der Waals surface area contributed by atoms with Crippen molar-refractivity contribution in [1.29, 1.82) is 0 Å². The standard InChI is InChI=1S/C20H17N4O3S/c1-13-4-3-5-17-18(10-11-21-19(13)17)22-15-6-8-16(9-7-15)28(25,26)24-20-14(2)12-27-23-20/h3-12H,1-2H3,(H-,21,22,23,24)/q-1/p+1. The molecular formula is C20H18N4O3S. The van der Waals surface area contributed by atoms with Crippen LogP contribution in [0.25, 0.3) is 15.6 Å². The number of pyridine rings is 1. The summed E-state index contributed by atoms with van der Waals surface area (Å²) in [5.74, 6) is 0.0598. The molecule has 2 aromatic carbocycles. The maximum Gasteiger partial charge on any atom is 0.215 e. The predicted octanol–water partition coefficient (Wildman–Crippen LogP) is 4.40. The van der Waals surface area contributed by atoms with Crippen molar-refractivity contribution in [2.24, 2.45) is 0 Å². The smallest absolute Gasteiger partial charge is 0.215 e. The summed E-state index contributed by atoms with van der Waals surface area (Å²) >= 11 is 0. The Morgan fingerprint density at radius 2 is 1.82 bits per heavy atom. The Morgan fingerprint density at radius 3 is 2.54 bits per heavy atom. The topological polar surface area (TPSA) is 100 Å². The number of H-pyrrole nitrogens is 1. The first-order valence-electron chi connectivity index (χ1n) is 8.60. The number of benzene rings is 2. The minimum atomic E-state index is -3.87. The van der Waals surface area contributed by atoms with Gasteiger partial charge in [0, 0.05) is 17.3 Å². The van der Waals surface area contributed by atoms with Gasteiger partial charge in [0.2, 0.25) is 15.5 Å². The van der Waals surface area contributed by atoms with Crippen molar-refractivity contribution in [1.82, 2.24) is 5.16 Å². The Kier molecular flexibility index (Phi) is 4.48. The quantitative estimate of drug-likeness (QED) is 0.541. The first kappa shape index (κ1) is 18.0. The van der Waals surface area contributed by atoms with Crippen LogP contribution in [0, 0.1) is 13.8 Å². The number of sulfonamides is 1. The van der Waals surface area contributed by atoms with Gasteiger partial charge in [0.1, 0.15) is 0 Å². The van der Waals surface area contributed by atoms with Crippen LogP contribution >= 0.6 is 0 Å². The van der Waals surface area contributed by atoms with Crippen LogP contribution in [0.15, 0.2) is 70.4 Å². The largest absolute Gasteiger partial charge is 0.463 e. The zero-order chi connectivity index (χ0) is 19.7. The number of aromatic amines is 1. The lowest BCUT2D eigenvalue weighted by atomic mass is 10.1. The Hall–Kier alpha value is -3.39. The van der Waals surface area contributed by atoms with Crippen LogP contribution in [-0.2, 0) is 10.0 Å². The van der Waals surface area contributed by atoms with Crippen LogP contribution in [0.3, 0.4) is 0 Å². The molecule has 0 spiro atoms. The van der Waals surface area contributed by atoms with Crippen molar-refractivity contribution < 1.29 is 17.9 Å². The number of para-hydroxylation sites is 1. The monoisotopic (exact) mass is 394 g/mol. The van der Waals surface area contributed by atoms with E-state index in [4.69, 9.17) is 4.52 Å². The summed E-state index contributed by atoms with van der Waals surface area (Å²) in [5, 5.41) is 7.99. The van der Waals surface area contributed by atoms with Gasteiger partial charge in [-0.2, -0.15) is 0 Å². The van der Waals surface area contributed by atoms with E-state index in [9.17, 15) is 8.42 Å². The zero-order valence-corrected chi connectivity index (χ0v) is 16.1. The molecule has 0 bridgehead atoms. The average Bonchev–Trinajstić information content (AvgIpc) is 3.07. The molecule has 4 aromatic rings. The third-order valence-corrected chi connectivity index (χ3v) is 5.68. The maximum atomic E-state index is 12.5. The second-order valence-corrected chi connectivity index (χ2v) is 8.03. The molecule has 2 heterocycles. The van der Waals surface area contributed by atoms with E-state index in [0.717, 1.165) is 27.8 Å². The highest BCUT2D eigenvalue weighted by Crippen LogP contribution is 2.30. The summed E-state index contributed by atoms with van der Waals surface area (Å²) in [6, 6.07) is 14.4. The molecule has 4 rings (SSSR count). The highest BCUT2D eigenvalue weighted by Gasteiger charge is 2.12. The number of nitrogens with zero attached hydrogens (tertiary/aromatic N) is 2. The van der Waals surface area contributed by atoms with Gasteiger partial charge in [0.05, 0.1) is 22.2 Å². The minimum Gasteiger partial charge on any atom is -0.463 e. The average molecular weight is 394 g/mol. The van der Waals surface area contributed by atoms with Crippen molar-refractivity contribution in [3.63, 3.8) is 0 Å². The Morgan fingerprint density at radius 1 is 1.04 bits per heavy atom. The summed E-state index contributed by atoms with van der Waals surface area (Å²) < 4.78 is 33.4. The number of aryl methyl sites for hydroxylation is 2. The number of hydrogen-bond acceptors (Lipinski definition) is 5. The molecule has 0 amide bonds. The lowest BCUT2D eigenvalue weighted by Gasteiger charge is -2.14. The van der Waals surface area contributed by atoms with Crippen molar-refractivity contribution in [3.05, 3.63) is 76.8 Å². The molecule has 0 saturated heterocycles. The van der Waals surface area contributed by atoms with Crippen molar-refractivity contribution >= 4 is 38.1 Å². The molecule has 0 aliphatic heterocycles. The fourth-order valence-electron chi connectivity index (χ4n) is 2.89. The number of hydrogen-bond donors (Lipinski definition) is 1. The van der Waals surface area contributed by atoms with E-state index < -0.39 is 10.0 Å². The molecule has 8 heteroatoms. The molecule has 7 nitrogen and oxygen atoms in total. The summed E-state index contributed by atoms with van der Waals surface area (Å²) in [7, 11) is -3.87. The molecule has 0 saturated carbocycles. The molecule has 142 valence electrons. The molecular weight excluding hydrogens is 376 g/mol. The SMILES string of the molecule is Cc1conc1[N-]S(=O)(=O)c1ccc(Nc2cc[nH+]c3c(C)cccc23)cc1. The molecule has 28 heavy (non-hydrogen) atoms. The van der Waals surface area contributed by atoms with Gasteiger partial charge in [-0.25, -0.2) is 13.4 Å². The second-order valence-electron chi connectivity index (χ2n) is 6.43. The Labute approximate surface area is 162 Å². The Bertz CT molecular complexity index is 1250. The third-order valence-electron chi connectivity index (χ3n) is 4.40. The van der Waals surface area contributed by atoms with Crippen molar-refractivity contribution in [2.75, 3.05) is 5.32 Å². The van der Waals surface area contributed by atoms with E-state index in [1.54, 1.807) is 19.1 Å². The lowest BCUT2D eigenvalue weighted by Crippen LogP contribution is -2.06. The second kappa shape index (κ2) is 6.97. The fourth-order valence-corrected chi connectivity index (χ4v) is 3.88. The highest BCUT2D eigenvalue weighted by atomic mass is 32.2. The predicted molar refractivity (Wildman–Crippen MR) is 106 cm³/mol. The summed E-state index contributed by atoms with van der Waals surface area (Å²) in [6.45, 7) is 3.73. The van der Waals surface area contributed by atoms with E-state index in [0.29, 0.717) is 5.56 Å². The summed E-state index contributed by atoms with van der Waals surface area (Å²) in [4.78, 5) is 3.34. The van der Waals surface area contributed by atoms with E-state index in [2.05, 4.69) is 20.2 Å². The van der Waals surface area contributed by atoms with Gasteiger partial charge in [-0.1, -0.05) is 12.1 Å². The van der Waals surface area contributed by atoms with Crippen LogP contribution in [0.2, 0.25) is 0 Å². The maximum absolute atomic E-state index is 12.5. The molecule has 0 atom stereocenters. The first-order chi connectivity index (χ1) is 13.4. The molecule has 0 unspecified atom stereocenters. The van der Waals surface area contributed by atoms with Gasteiger partial charge < -0.3 is 14.6 Å². The number of anilines is 2. The fraction of sp³-hybridized carbons (Fsp3) is 0.100. The zero-order valence-electron chi connectivity index (χ0n) is 15.3. The molecule has 0 aliphatic carbocycles. The third kappa shape index (κ3) is 3.41. The highest BCUT2D eigenvalue weighted by molar-refractivity contribution is 7.94. The Balaban J connectivity index is 1.59. The molecule has 0 radical (unpaired) electrons. The van der Waals surface area contributed by atoms with E-state index in [1.165, 1.54) is 18.4 Å². The lowest BCUT2D eigenvalue weighted by molar-refractivity contribution is -0.344. The first-order valence-corrected chi connectivity index (χ1v) is 10.0. The van der Waals surface area contributed by atoms with Crippen LogP contribution in [0.4, 0.5) is 17.2 Å². The molecule has 0 aliphatic rings. The van der Waals surface area contributed by atoms with Crippen LogP contribution < -0.4 is 10.3 Å². The molecule has 0 fully saturated rings. The number of fused-ring (bicyclic) bond motifs is 1. The van der Waals surface area contributed by atoms with Gasteiger partial charge in [-0.15, -0.1) is 0 Å². The van der Waals surface area contributed by atoms with Crippen LogP contribution in [0.1, 0.15) is 11.1 Å². The van der Waals surface area contributed by atoms with Gasteiger partial charge in [0.25, 0.3) is 0 Å². The van der Waals surface area contributed by atoms with Gasteiger partial charge in [-0.05, 0) is 55.6 Å². The number of rotatable bonds is 5. The minimum absolute atomic E-state index is 0.0598. The summed E-state index contributed by atoms with van der Waals surface area (Å²) in [6.07, 6.45) is 3.22. The van der Waals surface area contributed by atoms with E-state index in [1.807, 2.05) is 37.4 Å². The van der Waals surface area contributed by atoms with Gasteiger partial charge in [0.15, 0.2) is 6.20 Å². The van der Waals surface area contributed by atoms with Crippen molar-refractivity contribution in [2.45, 2.75) is 18.7 Å². The van der Waals surface area contributed by atoms with Crippen LogP contribution in [0.5, 0.6) is 0 Å². The summed E-state index contributed by atoms with van der Waals surface area (Å²) in [5.41, 5.74) is 4.45. The van der Waals surface area contributed by atoms with E-state index >= 15 is 0 Å². The molecule has 2 aromatic heterocycles. The number of nitrogens with one attached hydrogen (secondary N) is 2. The van der Waals surface area contributed by atoms with Gasteiger partial charge >= 0.3 is 0 Å². The van der Waals surface area contributed by atoms with Crippen LogP contribution in [-0.4, -0.2) is 13.6 Å². The number of aromatic nitrogens is 2. The van der Waals surface area contributed by atoms with E-state index in [-0.39, 0.29) is 10.7 Å². The van der Waals surface area contributed by atoms with Crippen molar-refractivity contribution in [3.8, 4) is 0 Å².